The summed E-state index contributed by atoms with van der Waals surface area (Å²) in [5.74, 6) is 1.67. The number of anilines is 1. The Kier molecular flexibility index (Phi) is 5.15. The Morgan fingerprint density at radius 3 is 2.52 bits per heavy atom. The molecule has 0 aliphatic rings. The lowest BCUT2D eigenvalue weighted by molar-refractivity contribution is 0.247. The van der Waals surface area contributed by atoms with Crippen LogP contribution < -0.4 is 5.32 Å². The van der Waals surface area contributed by atoms with Gasteiger partial charge in [0.05, 0.1) is 6.54 Å². The Hall–Kier alpha value is -1.65. The van der Waals surface area contributed by atoms with Crippen molar-refractivity contribution in [3.05, 3.63) is 52.4 Å². The maximum Gasteiger partial charge on any atom is 0.144 e. The second-order valence-corrected chi connectivity index (χ2v) is 5.64. The summed E-state index contributed by atoms with van der Waals surface area (Å²) in [6.45, 7) is 4.84. The molecule has 2 rings (SSSR count). The summed E-state index contributed by atoms with van der Waals surface area (Å²) < 4.78 is 0. The van der Waals surface area contributed by atoms with Crippen LogP contribution in [0.15, 0.2) is 30.3 Å². The number of nitrogens with zero attached hydrogens (tertiary/aromatic N) is 3. The molecule has 0 bridgehead atoms. The number of benzene rings is 1. The highest BCUT2D eigenvalue weighted by atomic mass is 35.5. The minimum absolute atomic E-state index is 0.268. The minimum Gasteiger partial charge on any atom is -0.373 e. The molecule has 21 heavy (non-hydrogen) atoms. The molecule has 0 saturated heterocycles. The first-order valence-electron chi connectivity index (χ1n) is 6.97. The molecule has 1 heterocycles. The van der Waals surface area contributed by atoms with Gasteiger partial charge in [-0.1, -0.05) is 23.7 Å². The average Bonchev–Trinajstić information content (AvgIpc) is 2.46. The van der Waals surface area contributed by atoms with E-state index >= 15 is 0 Å². The SMILES string of the molecule is CNc1cc(C)nc(CN(C)C(C)c2ccc(Cl)cc2)n1. The molecule has 1 aromatic carbocycles. The zero-order chi connectivity index (χ0) is 15.4. The first kappa shape index (κ1) is 15.7. The van der Waals surface area contributed by atoms with Gasteiger partial charge >= 0.3 is 0 Å². The van der Waals surface area contributed by atoms with Crippen LogP contribution in [0.5, 0.6) is 0 Å². The predicted molar refractivity (Wildman–Crippen MR) is 87.6 cm³/mol. The number of aromatic nitrogens is 2. The van der Waals surface area contributed by atoms with E-state index in [1.807, 2.05) is 32.2 Å². The third-order valence-electron chi connectivity index (χ3n) is 3.56. The van der Waals surface area contributed by atoms with Gasteiger partial charge in [-0.25, -0.2) is 9.97 Å². The molecule has 0 fully saturated rings. The van der Waals surface area contributed by atoms with Crippen LogP contribution >= 0.6 is 11.6 Å². The van der Waals surface area contributed by atoms with E-state index < -0.39 is 0 Å². The molecule has 1 unspecified atom stereocenters. The summed E-state index contributed by atoms with van der Waals surface area (Å²) in [7, 11) is 3.94. The molecule has 0 spiro atoms. The van der Waals surface area contributed by atoms with Gasteiger partial charge in [0.15, 0.2) is 0 Å². The van der Waals surface area contributed by atoms with E-state index in [0.29, 0.717) is 6.54 Å². The van der Waals surface area contributed by atoms with Crippen LogP contribution in [0.2, 0.25) is 5.02 Å². The molecule has 1 aromatic heterocycles. The Morgan fingerprint density at radius 2 is 1.90 bits per heavy atom. The quantitative estimate of drug-likeness (QED) is 0.915. The van der Waals surface area contributed by atoms with Crippen LogP contribution in [0, 0.1) is 6.92 Å². The van der Waals surface area contributed by atoms with Crippen LogP contribution in [0.3, 0.4) is 0 Å². The highest BCUT2D eigenvalue weighted by molar-refractivity contribution is 6.30. The molecule has 0 amide bonds. The second kappa shape index (κ2) is 6.87. The lowest BCUT2D eigenvalue weighted by Crippen LogP contribution is -2.23. The van der Waals surface area contributed by atoms with Crippen molar-refractivity contribution in [2.75, 3.05) is 19.4 Å². The Morgan fingerprint density at radius 1 is 1.24 bits per heavy atom. The molecule has 112 valence electrons. The summed E-state index contributed by atoms with van der Waals surface area (Å²) in [6, 6.07) is 10.2. The molecule has 1 atom stereocenters. The van der Waals surface area contributed by atoms with E-state index in [-0.39, 0.29) is 6.04 Å². The molecule has 5 heteroatoms. The monoisotopic (exact) mass is 304 g/mol. The molecule has 0 aliphatic heterocycles. The summed E-state index contributed by atoms with van der Waals surface area (Å²) >= 11 is 5.94. The van der Waals surface area contributed by atoms with E-state index in [4.69, 9.17) is 11.6 Å². The van der Waals surface area contributed by atoms with Gasteiger partial charge in [0.25, 0.3) is 0 Å². The van der Waals surface area contributed by atoms with E-state index in [0.717, 1.165) is 22.4 Å². The third kappa shape index (κ3) is 4.16. The van der Waals surface area contributed by atoms with Crippen molar-refractivity contribution in [2.45, 2.75) is 26.4 Å². The summed E-state index contributed by atoms with van der Waals surface area (Å²) in [5.41, 5.74) is 2.19. The van der Waals surface area contributed by atoms with Crippen LogP contribution in [0.4, 0.5) is 5.82 Å². The van der Waals surface area contributed by atoms with Crippen molar-refractivity contribution in [1.29, 1.82) is 0 Å². The third-order valence-corrected chi connectivity index (χ3v) is 3.81. The lowest BCUT2D eigenvalue weighted by atomic mass is 10.1. The van der Waals surface area contributed by atoms with Crippen molar-refractivity contribution >= 4 is 17.4 Å². The van der Waals surface area contributed by atoms with Crippen LogP contribution in [-0.4, -0.2) is 29.0 Å². The molecular weight excluding hydrogens is 284 g/mol. The minimum atomic E-state index is 0.268. The Bertz CT molecular complexity index is 598. The van der Waals surface area contributed by atoms with Crippen molar-refractivity contribution < 1.29 is 0 Å². The largest absolute Gasteiger partial charge is 0.373 e. The van der Waals surface area contributed by atoms with Gasteiger partial charge in [-0.3, -0.25) is 4.90 Å². The van der Waals surface area contributed by atoms with Crippen LogP contribution in [-0.2, 0) is 6.54 Å². The van der Waals surface area contributed by atoms with Gasteiger partial charge < -0.3 is 5.32 Å². The standard InChI is InChI=1S/C16H21ClN4/c1-11-9-15(18-3)20-16(19-11)10-21(4)12(2)13-5-7-14(17)8-6-13/h5-9,12H,10H2,1-4H3,(H,18,19,20). The highest BCUT2D eigenvalue weighted by Gasteiger charge is 2.13. The Balaban J connectivity index is 2.11. The van der Waals surface area contributed by atoms with Crippen molar-refractivity contribution in [1.82, 2.24) is 14.9 Å². The predicted octanol–water partition coefficient (Wildman–Crippen LogP) is 3.67. The fourth-order valence-electron chi connectivity index (χ4n) is 2.18. The van der Waals surface area contributed by atoms with Gasteiger partial charge in [0, 0.05) is 29.9 Å². The molecule has 0 saturated carbocycles. The maximum absolute atomic E-state index is 5.94. The molecule has 1 N–H and O–H groups in total. The maximum atomic E-state index is 5.94. The van der Waals surface area contributed by atoms with Crippen LogP contribution in [0.1, 0.15) is 30.0 Å². The van der Waals surface area contributed by atoms with E-state index in [2.05, 4.69) is 46.3 Å². The van der Waals surface area contributed by atoms with E-state index in [1.54, 1.807) is 0 Å². The Labute approximate surface area is 131 Å². The summed E-state index contributed by atoms with van der Waals surface area (Å²) in [5, 5.41) is 3.82. The highest BCUT2D eigenvalue weighted by Crippen LogP contribution is 2.22. The second-order valence-electron chi connectivity index (χ2n) is 5.20. The first-order chi connectivity index (χ1) is 9.99. The first-order valence-corrected chi connectivity index (χ1v) is 7.35. The molecule has 0 radical (unpaired) electrons. The number of hydrogen-bond acceptors (Lipinski definition) is 4. The van der Waals surface area contributed by atoms with E-state index in [9.17, 15) is 0 Å². The lowest BCUT2D eigenvalue weighted by Gasteiger charge is -2.24. The molecular formula is C16H21ClN4. The number of nitrogens with one attached hydrogen (secondary N) is 1. The van der Waals surface area contributed by atoms with E-state index in [1.165, 1.54) is 5.56 Å². The fraction of sp³-hybridized carbons (Fsp3) is 0.375. The smallest absolute Gasteiger partial charge is 0.144 e. The van der Waals surface area contributed by atoms with Gasteiger partial charge in [0.2, 0.25) is 0 Å². The van der Waals surface area contributed by atoms with Crippen LogP contribution in [0.25, 0.3) is 0 Å². The summed E-state index contributed by atoms with van der Waals surface area (Å²) in [6.07, 6.45) is 0. The topological polar surface area (TPSA) is 41.1 Å². The number of aryl methyl sites for hydroxylation is 1. The molecule has 0 aliphatic carbocycles. The van der Waals surface area contributed by atoms with Crippen molar-refractivity contribution in [3.8, 4) is 0 Å². The summed E-state index contributed by atoms with van der Waals surface area (Å²) in [4.78, 5) is 11.2. The zero-order valence-corrected chi connectivity index (χ0v) is 13.6. The number of rotatable bonds is 5. The normalized spacial score (nSPS) is 12.5. The van der Waals surface area contributed by atoms with Gasteiger partial charge in [-0.2, -0.15) is 0 Å². The van der Waals surface area contributed by atoms with Gasteiger partial charge in [0.1, 0.15) is 11.6 Å². The van der Waals surface area contributed by atoms with Crippen molar-refractivity contribution in [2.24, 2.45) is 0 Å². The zero-order valence-electron chi connectivity index (χ0n) is 12.9. The molecule has 4 nitrogen and oxygen atoms in total. The van der Waals surface area contributed by atoms with Crippen molar-refractivity contribution in [3.63, 3.8) is 0 Å². The number of hydrogen-bond donors (Lipinski definition) is 1. The molecule has 2 aromatic rings. The van der Waals surface area contributed by atoms with Gasteiger partial charge in [-0.15, -0.1) is 0 Å². The van der Waals surface area contributed by atoms with Gasteiger partial charge in [-0.05, 0) is 38.6 Å². The fourth-order valence-corrected chi connectivity index (χ4v) is 2.31. The number of halogens is 1. The average molecular weight is 305 g/mol.